The molecule has 3 heterocycles. The topological polar surface area (TPSA) is 111 Å². The normalized spacial score (nSPS) is 19.4. The van der Waals surface area contributed by atoms with Crippen LogP contribution in [-0.2, 0) is 19.6 Å². The number of carbonyl (C=O) groups is 2. The Labute approximate surface area is 232 Å². The van der Waals surface area contributed by atoms with Crippen LogP contribution in [0, 0.1) is 5.92 Å². The van der Waals surface area contributed by atoms with E-state index in [9.17, 15) is 23.1 Å². The molecule has 2 saturated heterocycles. The van der Waals surface area contributed by atoms with E-state index in [0.29, 0.717) is 17.0 Å². The number of benzene rings is 2. The second-order valence-corrected chi connectivity index (χ2v) is 11.9. The standard InChI is InChI=1S/C26H27ClN4O5S.ClH/c27-21-3-1-20-14-23(4-2-19(20)13-21)37(35,36)30-16-24(26(33)34)31(25(32)17-30)15-18-7-11-29(12-8-18)22-5-9-28-10-6-22;/h1-6,9-10,13-14,18,24H,7-8,11-12,15-17H2,(H,33,34);1H. The number of fused-ring (bicyclic) bond motifs is 1. The molecule has 0 spiro atoms. The number of carbonyl (C=O) groups excluding carboxylic acids is 1. The molecule has 2 aliphatic heterocycles. The van der Waals surface area contributed by atoms with Gasteiger partial charge in [0.05, 0.1) is 11.4 Å². The van der Waals surface area contributed by atoms with Crippen molar-refractivity contribution in [2.45, 2.75) is 23.8 Å². The number of nitrogens with zero attached hydrogens (tertiary/aromatic N) is 4. The van der Waals surface area contributed by atoms with E-state index in [0.717, 1.165) is 41.3 Å². The average molecular weight is 580 g/mol. The zero-order valence-corrected chi connectivity index (χ0v) is 22.8. The van der Waals surface area contributed by atoms with E-state index in [1.165, 1.54) is 17.0 Å². The number of sulfonamides is 1. The van der Waals surface area contributed by atoms with E-state index in [-0.39, 0.29) is 36.3 Å². The van der Waals surface area contributed by atoms with Crippen LogP contribution >= 0.6 is 24.0 Å². The van der Waals surface area contributed by atoms with E-state index in [1.54, 1.807) is 36.7 Å². The predicted molar refractivity (Wildman–Crippen MR) is 147 cm³/mol. The van der Waals surface area contributed by atoms with Crippen molar-refractivity contribution in [3.8, 4) is 0 Å². The molecule has 1 amide bonds. The Balaban J connectivity index is 0.00000336. The van der Waals surface area contributed by atoms with E-state index in [1.807, 2.05) is 12.1 Å². The molecule has 3 aromatic rings. The SMILES string of the molecule is Cl.O=C(O)C1CN(S(=O)(=O)c2ccc3cc(Cl)ccc3c2)CC(=O)N1CC1CCN(c2ccncc2)CC1. The number of piperazine rings is 1. The minimum absolute atomic E-state index is 0. The first kappa shape index (κ1) is 28.1. The van der Waals surface area contributed by atoms with Crippen molar-refractivity contribution in [1.29, 1.82) is 0 Å². The lowest BCUT2D eigenvalue weighted by Gasteiger charge is -2.41. The molecule has 0 saturated carbocycles. The Hall–Kier alpha value is -2.92. The number of piperidine rings is 1. The first-order chi connectivity index (χ1) is 17.7. The van der Waals surface area contributed by atoms with Crippen LogP contribution in [0.3, 0.4) is 0 Å². The third-order valence-electron chi connectivity index (χ3n) is 7.18. The summed E-state index contributed by atoms with van der Waals surface area (Å²) in [6.07, 6.45) is 5.11. The quantitative estimate of drug-likeness (QED) is 0.476. The van der Waals surface area contributed by atoms with Gasteiger partial charge in [0, 0.05) is 49.3 Å². The number of carboxylic acid groups (broad SMARTS) is 1. The summed E-state index contributed by atoms with van der Waals surface area (Å²) in [6.45, 7) is 1.20. The van der Waals surface area contributed by atoms with Gasteiger partial charge in [0.25, 0.3) is 0 Å². The summed E-state index contributed by atoms with van der Waals surface area (Å²) in [4.78, 5) is 32.9. The van der Waals surface area contributed by atoms with Crippen LogP contribution in [0.2, 0.25) is 5.02 Å². The Morgan fingerprint density at radius 2 is 1.68 bits per heavy atom. The lowest BCUT2D eigenvalue weighted by Crippen LogP contribution is -2.61. The summed E-state index contributed by atoms with van der Waals surface area (Å²) in [5.74, 6) is -1.57. The predicted octanol–water partition coefficient (Wildman–Crippen LogP) is 3.51. The van der Waals surface area contributed by atoms with E-state index < -0.39 is 27.9 Å². The fourth-order valence-corrected chi connectivity index (χ4v) is 6.72. The van der Waals surface area contributed by atoms with Gasteiger partial charge in [-0.2, -0.15) is 4.31 Å². The maximum absolute atomic E-state index is 13.4. The van der Waals surface area contributed by atoms with Crippen LogP contribution in [0.1, 0.15) is 12.8 Å². The molecule has 2 aromatic carbocycles. The van der Waals surface area contributed by atoms with Gasteiger partial charge in [-0.1, -0.05) is 23.7 Å². The largest absolute Gasteiger partial charge is 0.480 e. The molecule has 1 atom stereocenters. The highest BCUT2D eigenvalue weighted by molar-refractivity contribution is 7.89. The average Bonchev–Trinajstić information content (AvgIpc) is 2.90. The number of amides is 1. The number of halogens is 2. The molecule has 202 valence electrons. The lowest BCUT2D eigenvalue weighted by atomic mass is 9.94. The maximum Gasteiger partial charge on any atom is 0.327 e. The zero-order chi connectivity index (χ0) is 26.2. The third kappa shape index (κ3) is 5.73. The van der Waals surface area contributed by atoms with Crippen LogP contribution in [0.5, 0.6) is 0 Å². The number of rotatable bonds is 6. The van der Waals surface area contributed by atoms with Crippen molar-refractivity contribution in [3.63, 3.8) is 0 Å². The van der Waals surface area contributed by atoms with Gasteiger partial charge in [-0.15, -0.1) is 12.4 Å². The molecule has 12 heteroatoms. The van der Waals surface area contributed by atoms with Crippen LogP contribution in [-0.4, -0.2) is 78.4 Å². The number of carboxylic acids is 1. The number of pyridine rings is 1. The summed E-state index contributed by atoms with van der Waals surface area (Å²) in [5, 5.41) is 11.9. The molecular weight excluding hydrogens is 551 g/mol. The highest BCUT2D eigenvalue weighted by Gasteiger charge is 2.42. The van der Waals surface area contributed by atoms with Gasteiger partial charge >= 0.3 is 5.97 Å². The first-order valence-corrected chi connectivity index (χ1v) is 13.9. The molecule has 1 aromatic heterocycles. The number of anilines is 1. The van der Waals surface area contributed by atoms with Crippen LogP contribution in [0.25, 0.3) is 10.8 Å². The summed E-state index contributed by atoms with van der Waals surface area (Å²) >= 11 is 6.02. The van der Waals surface area contributed by atoms with Crippen LogP contribution in [0.15, 0.2) is 65.8 Å². The minimum atomic E-state index is -4.08. The molecule has 2 fully saturated rings. The molecule has 0 radical (unpaired) electrons. The van der Waals surface area contributed by atoms with Crippen molar-refractivity contribution in [2.75, 3.05) is 37.6 Å². The molecule has 0 aliphatic carbocycles. The number of aromatic nitrogens is 1. The number of hydrogen-bond donors (Lipinski definition) is 1. The molecule has 0 bridgehead atoms. The second-order valence-electron chi connectivity index (χ2n) is 9.49. The molecule has 5 rings (SSSR count). The number of aliphatic carboxylic acids is 1. The zero-order valence-electron chi connectivity index (χ0n) is 20.4. The smallest absolute Gasteiger partial charge is 0.327 e. The van der Waals surface area contributed by atoms with Gasteiger partial charge < -0.3 is 14.9 Å². The van der Waals surface area contributed by atoms with Gasteiger partial charge in [-0.25, -0.2) is 13.2 Å². The maximum atomic E-state index is 13.4. The van der Waals surface area contributed by atoms with Gasteiger partial charge in [-0.05, 0) is 65.9 Å². The Bertz CT molecular complexity index is 1430. The van der Waals surface area contributed by atoms with Crippen LogP contribution in [0.4, 0.5) is 5.69 Å². The fourth-order valence-electron chi connectivity index (χ4n) is 5.11. The van der Waals surface area contributed by atoms with Crippen molar-refractivity contribution in [2.24, 2.45) is 5.92 Å². The molecule has 38 heavy (non-hydrogen) atoms. The van der Waals surface area contributed by atoms with Gasteiger partial charge in [0.2, 0.25) is 15.9 Å². The second kappa shape index (κ2) is 11.4. The fraction of sp³-hybridized carbons (Fsp3) is 0.346. The molecule has 1 N–H and O–H groups in total. The van der Waals surface area contributed by atoms with Crippen molar-refractivity contribution < 1.29 is 23.1 Å². The highest BCUT2D eigenvalue weighted by atomic mass is 35.5. The lowest BCUT2D eigenvalue weighted by molar-refractivity contribution is -0.154. The monoisotopic (exact) mass is 578 g/mol. The van der Waals surface area contributed by atoms with Crippen molar-refractivity contribution in [3.05, 3.63) is 65.9 Å². The minimum Gasteiger partial charge on any atom is -0.480 e. The van der Waals surface area contributed by atoms with Gasteiger partial charge in [-0.3, -0.25) is 9.78 Å². The molecule has 9 nitrogen and oxygen atoms in total. The summed E-state index contributed by atoms with van der Waals surface area (Å²) in [7, 11) is -4.08. The first-order valence-electron chi connectivity index (χ1n) is 12.1. The van der Waals surface area contributed by atoms with Crippen LogP contribution < -0.4 is 4.90 Å². The molecule has 2 aliphatic rings. The van der Waals surface area contributed by atoms with Gasteiger partial charge in [0.1, 0.15) is 6.04 Å². The van der Waals surface area contributed by atoms with Gasteiger partial charge in [0.15, 0.2) is 0 Å². The van der Waals surface area contributed by atoms with E-state index in [4.69, 9.17) is 11.6 Å². The summed E-state index contributed by atoms with van der Waals surface area (Å²) < 4.78 is 27.8. The molecular formula is C26H28Cl2N4O5S. The Morgan fingerprint density at radius 1 is 1.03 bits per heavy atom. The highest BCUT2D eigenvalue weighted by Crippen LogP contribution is 2.28. The van der Waals surface area contributed by atoms with Crippen molar-refractivity contribution >= 4 is 62.4 Å². The van der Waals surface area contributed by atoms with E-state index in [2.05, 4.69) is 9.88 Å². The number of hydrogen-bond acceptors (Lipinski definition) is 6. The Morgan fingerprint density at radius 3 is 2.37 bits per heavy atom. The summed E-state index contributed by atoms with van der Waals surface area (Å²) in [5.41, 5.74) is 1.09. The Kier molecular flexibility index (Phi) is 8.46. The van der Waals surface area contributed by atoms with Crippen molar-refractivity contribution in [1.82, 2.24) is 14.2 Å². The third-order valence-corrected chi connectivity index (χ3v) is 9.22. The summed E-state index contributed by atoms with van der Waals surface area (Å²) in [6, 6.07) is 12.4. The molecule has 1 unspecified atom stereocenters. The van der Waals surface area contributed by atoms with E-state index >= 15 is 0 Å².